The highest BCUT2D eigenvalue weighted by Crippen LogP contribution is 2.33. The zero-order valence-electron chi connectivity index (χ0n) is 13.5. The molecule has 1 amide bonds. The van der Waals surface area contributed by atoms with Gasteiger partial charge in [0.25, 0.3) is 0 Å². The fourth-order valence-corrected chi connectivity index (χ4v) is 3.02. The Bertz CT molecular complexity index is 639. The molecule has 22 heavy (non-hydrogen) atoms. The van der Waals surface area contributed by atoms with Crippen LogP contribution in [0.1, 0.15) is 20.3 Å². The molecule has 0 unspecified atom stereocenters. The van der Waals surface area contributed by atoms with Gasteiger partial charge in [-0.25, -0.2) is 4.98 Å². The van der Waals surface area contributed by atoms with E-state index in [1.807, 2.05) is 30.1 Å². The lowest BCUT2D eigenvalue weighted by Crippen LogP contribution is -2.35. The molecule has 0 saturated carbocycles. The maximum atomic E-state index is 11.9. The largest absolute Gasteiger partial charge is 0.494 e. The molecule has 0 bridgehead atoms. The number of likely N-dealkylation sites (N-methyl/N-ethyl adjacent to an activating group) is 1. The zero-order chi connectivity index (χ0) is 16.1. The van der Waals surface area contributed by atoms with Crippen molar-refractivity contribution in [2.75, 3.05) is 32.1 Å². The number of benzene rings is 1. The molecule has 1 N–H and O–H groups in total. The summed E-state index contributed by atoms with van der Waals surface area (Å²) in [6.07, 6.45) is 0.994. The lowest BCUT2D eigenvalue weighted by atomic mass is 10.1. The van der Waals surface area contributed by atoms with Crippen LogP contribution in [0.5, 0.6) is 5.75 Å². The monoisotopic (exact) mass is 321 g/mol. The van der Waals surface area contributed by atoms with Crippen molar-refractivity contribution in [1.82, 2.24) is 10.3 Å². The molecule has 0 aliphatic heterocycles. The van der Waals surface area contributed by atoms with E-state index in [4.69, 9.17) is 4.74 Å². The topological polar surface area (TPSA) is 54.5 Å². The standard InChI is InChI=1S/C16H23N3O2S/c1-11(2)8-9-17-14(20)10-19(3)16-18-15-12(21-4)6-5-7-13(15)22-16/h5-7,11H,8-10H2,1-4H3,(H,17,20). The molecule has 2 aromatic rings. The van der Waals surface area contributed by atoms with Crippen LogP contribution in [-0.4, -0.2) is 38.1 Å². The predicted molar refractivity (Wildman–Crippen MR) is 91.9 cm³/mol. The van der Waals surface area contributed by atoms with Crippen molar-refractivity contribution in [3.05, 3.63) is 18.2 Å². The second-order valence-corrected chi connectivity index (χ2v) is 6.70. The first kappa shape index (κ1) is 16.5. The van der Waals surface area contributed by atoms with Crippen molar-refractivity contribution >= 4 is 32.6 Å². The molecule has 0 aliphatic carbocycles. The first-order valence-electron chi connectivity index (χ1n) is 7.42. The van der Waals surface area contributed by atoms with E-state index in [9.17, 15) is 4.79 Å². The Hall–Kier alpha value is -1.82. The van der Waals surface area contributed by atoms with E-state index in [1.165, 1.54) is 0 Å². The minimum atomic E-state index is 0.0226. The molecule has 120 valence electrons. The van der Waals surface area contributed by atoms with Gasteiger partial charge in [0.15, 0.2) is 5.13 Å². The molecule has 1 heterocycles. The van der Waals surface area contributed by atoms with E-state index >= 15 is 0 Å². The number of anilines is 1. The maximum absolute atomic E-state index is 11.9. The maximum Gasteiger partial charge on any atom is 0.239 e. The van der Waals surface area contributed by atoms with Gasteiger partial charge in [-0.2, -0.15) is 0 Å². The van der Waals surface area contributed by atoms with E-state index in [2.05, 4.69) is 24.1 Å². The van der Waals surface area contributed by atoms with Crippen LogP contribution in [-0.2, 0) is 4.79 Å². The molecule has 5 nitrogen and oxygen atoms in total. The quantitative estimate of drug-likeness (QED) is 0.852. The number of para-hydroxylation sites is 1. The lowest BCUT2D eigenvalue weighted by molar-refractivity contribution is -0.119. The SMILES string of the molecule is COc1cccc2sc(N(C)CC(=O)NCCC(C)C)nc12. The highest BCUT2D eigenvalue weighted by molar-refractivity contribution is 7.22. The Balaban J connectivity index is 2.00. The average Bonchev–Trinajstić information content (AvgIpc) is 2.90. The van der Waals surface area contributed by atoms with E-state index < -0.39 is 0 Å². The summed E-state index contributed by atoms with van der Waals surface area (Å²) in [5, 5.41) is 3.76. The second kappa shape index (κ2) is 7.45. The van der Waals surface area contributed by atoms with E-state index in [0.29, 0.717) is 12.5 Å². The summed E-state index contributed by atoms with van der Waals surface area (Å²) in [6, 6.07) is 5.85. The Kier molecular flexibility index (Phi) is 5.60. The highest BCUT2D eigenvalue weighted by atomic mass is 32.1. The normalized spacial score (nSPS) is 11.0. The number of nitrogens with zero attached hydrogens (tertiary/aromatic N) is 2. The number of methoxy groups -OCH3 is 1. The van der Waals surface area contributed by atoms with Crippen molar-refractivity contribution < 1.29 is 9.53 Å². The van der Waals surface area contributed by atoms with Crippen LogP contribution in [0, 0.1) is 5.92 Å². The van der Waals surface area contributed by atoms with Crippen molar-refractivity contribution in [1.29, 1.82) is 0 Å². The van der Waals surface area contributed by atoms with Gasteiger partial charge >= 0.3 is 0 Å². The Labute approximate surface area is 135 Å². The molecule has 0 saturated heterocycles. The number of rotatable bonds is 7. The average molecular weight is 321 g/mol. The summed E-state index contributed by atoms with van der Waals surface area (Å²) in [6.45, 7) is 5.32. The molecule has 0 spiro atoms. The summed E-state index contributed by atoms with van der Waals surface area (Å²) >= 11 is 1.56. The van der Waals surface area contributed by atoms with Crippen LogP contribution < -0.4 is 15.0 Å². The van der Waals surface area contributed by atoms with Gasteiger partial charge in [0.05, 0.1) is 18.4 Å². The first-order chi connectivity index (χ1) is 10.5. The molecule has 0 fully saturated rings. The fourth-order valence-electron chi connectivity index (χ4n) is 2.08. The van der Waals surface area contributed by atoms with Crippen LogP contribution in [0.3, 0.4) is 0 Å². The Morgan fingerprint density at radius 3 is 2.91 bits per heavy atom. The number of hydrogen-bond donors (Lipinski definition) is 1. The molecular formula is C16H23N3O2S. The van der Waals surface area contributed by atoms with Gasteiger partial charge in [-0.15, -0.1) is 0 Å². The molecule has 0 radical (unpaired) electrons. The molecule has 0 aliphatic rings. The number of aromatic nitrogens is 1. The number of fused-ring (bicyclic) bond motifs is 1. The predicted octanol–water partition coefficient (Wildman–Crippen LogP) is 2.90. The van der Waals surface area contributed by atoms with Crippen LogP contribution in [0.2, 0.25) is 0 Å². The smallest absolute Gasteiger partial charge is 0.239 e. The van der Waals surface area contributed by atoms with Crippen LogP contribution >= 0.6 is 11.3 Å². The van der Waals surface area contributed by atoms with Crippen molar-refractivity contribution in [2.24, 2.45) is 5.92 Å². The van der Waals surface area contributed by atoms with E-state index in [1.54, 1.807) is 18.4 Å². The van der Waals surface area contributed by atoms with Crippen LogP contribution in [0.15, 0.2) is 18.2 Å². The van der Waals surface area contributed by atoms with Gasteiger partial charge < -0.3 is 15.0 Å². The highest BCUT2D eigenvalue weighted by Gasteiger charge is 2.14. The van der Waals surface area contributed by atoms with Gasteiger partial charge in [0.2, 0.25) is 5.91 Å². The minimum Gasteiger partial charge on any atom is -0.494 e. The van der Waals surface area contributed by atoms with Crippen LogP contribution in [0.4, 0.5) is 5.13 Å². The molecular weight excluding hydrogens is 298 g/mol. The van der Waals surface area contributed by atoms with Crippen molar-refractivity contribution in [3.63, 3.8) is 0 Å². The summed E-state index contributed by atoms with van der Waals surface area (Å²) < 4.78 is 6.38. The first-order valence-corrected chi connectivity index (χ1v) is 8.24. The second-order valence-electron chi connectivity index (χ2n) is 5.69. The third-order valence-corrected chi connectivity index (χ3v) is 4.48. The summed E-state index contributed by atoms with van der Waals surface area (Å²) in [7, 11) is 3.52. The van der Waals surface area contributed by atoms with E-state index in [-0.39, 0.29) is 5.91 Å². The van der Waals surface area contributed by atoms with Crippen molar-refractivity contribution in [2.45, 2.75) is 20.3 Å². The Morgan fingerprint density at radius 2 is 2.23 bits per heavy atom. The summed E-state index contributed by atoms with van der Waals surface area (Å²) in [5.41, 5.74) is 0.845. The summed E-state index contributed by atoms with van der Waals surface area (Å²) in [5.74, 6) is 1.37. The number of carbonyl (C=O) groups is 1. The third kappa shape index (κ3) is 4.10. The molecule has 2 rings (SSSR count). The molecule has 1 aromatic carbocycles. The molecule has 1 aromatic heterocycles. The van der Waals surface area contributed by atoms with Crippen molar-refractivity contribution in [3.8, 4) is 5.75 Å². The van der Waals surface area contributed by atoms with Gasteiger partial charge in [0, 0.05) is 13.6 Å². The van der Waals surface area contributed by atoms with Gasteiger partial charge in [-0.1, -0.05) is 31.3 Å². The van der Waals surface area contributed by atoms with Crippen LogP contribution in [0.25, 0.3) is 10.2 Å². The van der Waals surface area contributed by atoms with Gasteiger partial charge in [0.1, 0.15) is 11.3 Å². The fraction of sp³-hybridized carbons (Fsp3) is 0.500. The Morgan fingerprint density at radius 1 is 1.45 bits per heavy atom. The number of amides is 1. The van der Waals surface area contributed by atoms with Gasteiger partial charge in [-0.3, -0.25) is 4.79 Å². The zero-order valence-corrected chi connectivity index (χ0v) is 14.4. The number of nitrogens with one attached hydrogen (secondary N) is 1. The number of hydrogen-bond acceptors (Lipinski definition) is 5. The lowest BCUT2D eigenvalue weighted by Gasteiger charge is -2.15. The molecule has 0 atom stereocenters. The minimum absolute atomic E-state index is 0.0226. The number of carbonyl (C=O) groups excluding carboxylic acids is 1. The van der Waals surface area contributed by atoms with Gasteiger partial charge in [-0.05, 0) is 24.5 Å². The third-order valence-electron chi connectivity index (χ3n) is 3.34. The number of thiazole rings is 1. The summed E-state index contributed by atoms with van der Waals surface area (Å²) in [4.78, 5) is 18.4. The molecule has 6 heteroatoms. The number of ether oxygens (including phenoxy) is 1. The van der Waals surface area contributed by atoms with E-state index in [0.717, 1.165) is 34.1 Å².